The van der Waals surface area contributed by atoms with Crippen LogP contribution in [0, 0.1) is 11.7 Å². The predicted octanol–water partition coefficient (Wildman–Crippen LogP) is 1.27. The minimum Gasteiger partial charge on any atom is -0.480 e. The topological polar surface area (TPSA) is 70.1 Å². The Labute approximate surface area is 150 Å². The molecule has 1 amide bonds. The fourth-order valence-electron chi connectivity index (χ4n) is 3.46. The van der Waals surface area contributed by atoms with Crippen molar-refractivity contribution in [1.29, 1.82) is 0 Å². The van der Waals surface area contributed by atoms with Crippen LogP contribution in [-0.4, -0.2) is 72.2 Å². The van der Waals surface area contributed by atoms with Gasteiger partial charge in [0.15, 0.2) is 0 Å². The molecule has 0 radical (unpaired) electrons. The molecule has 6 nitrogen and oxygen atoms in total. The van der Waals surface area contributed by atoms with E-state index < -0.39 is 11.8 Å². The van der Waals surface area contributed by atoms with Crippen LogP contribution in [0.4, 0.5) is 4.39 Å². The molecule has 2 aliphatic heterocycles. The Hall–Kier alpha value is -1.70. The van der Waals surface area contributed by atoms with E-state index >= 15 is 0 Å². The van der Waals surface area contributed by atoms with Crippen molar-refractivity contribution in [1.82, 2.24) is 9.80 Å². The van der Waals surface area contributed by atoms with Crippen LogP contribution in [0.1, 0.15) is 5.56 Å². The Morgan fingerprint density at radius 3 is 2.80 bits per heavy atom. The predicted molar refractivity (Wildman–Crippen MR) is 89.0 cm³/mol. The number of benzene rings is 1. The van der Waals surface area contributed by atoms with Gasteiger partial charge in [-0.05, 0) is 12.1 Å². The molecule has 1 aromatic carbocycles. The number of nitrogens with zero attached hydrogens (tertiary/aromatic N) is 2. The third-order valence-electron chi connectivity index (χ3n) is 4.66. The normalized spacial score (nSPS) is 24.0. The van der Waals surface area contributed by atoms with E-state index in [9.17, 15) is 14.0 Å². The molecule has 2 atom stereocenters. The zero-order valence-electron chi connectivity index (χ0n) is 13.7. The summed E-state index contributed by atoms with van der Waals surface area (Å²) < 4.78 is 19.5. The van der Waals surface area contributed by atoms with Crippen molar-refractivity contribution in [3.05, 3.63) is 34.6 Å². The van der Waals surface area contributed by atoms with Crippen LogP contribution in [0.25, 0.3) is 0 Å². The summed E-state index contributed by atoms with van der Waals surface area (Å²) in [7, 11) is 0. The SMILES string of the molecule is O=C(O)CN1C[C@H]2COC[C@@H]1CN(C(=O)Cc1c(F)cccc1Cl)C2. The summed E-state index contributed by atoms with van der Waals surface area (Å²) in [5.74, 6) is -1.57. The number of carbonyl (C=O) groups is 2. The first kappa shape index (κ1) is 18.1. The van der Waals surface area contributed by atoms with E-state index in [0.717, 1.165) is 0 Å². The molecule has 2 saturated heterocycles. The molecule has 136 valence electrons. The molecule has 0 spiro atoms. The molecule has 2 heterocycles. The monoisotopic (exact) mass is 370 g/mol. The van der Waals surface area contributed by atoms with Gasteiger partial charge < -0.3 is 14.7 Å². The molecule has 2 fully saturated rings. The Morgan fingerprint density at radius 1 is 1.28 bits per heavy atom. The van der Waals surface area contributed by atoms with Crippen LogP contribution in [0.2, 0.25) is 5.02 Å². The third-order valence-corrected chi connectivity index (χ3v) is 5.02. The van der Waals surface area contributed by atoms with E-state index in [1.807, 2.05) is 4.90 Å². The number of carboxylic acids is 1. The minimum atomic E-state index is -0.899. The molecule has 8 heteroatoms. The number of rotatable bonds is 4. The molecule has 0 unspecified atom stereocenters. The van der Waals surface area contributed by atoms with Crippen molar-refractivity contribution < 1.29 is 23.8 Å². The number of carboxylic acid groups (broad SMARTS) is 1. The van der Waals surface area contributed by atoms with E-state index in [-0.39, 0.29) is 41.4 Å². The van der Waals surface area contributed by atoms with Crippen LogP contribution in [0.3, 0.4) is 0 Å². The average Bonchev–Trinajstić information content (AvgIpc) is 2.80. The maximum absolute atomic E-state index is 13.9. The molecule has 25 heavy (non-hydrogen) atoms. The van der Waals surface area contributed by atoms with E-state index in [1.54, 1.807) is 11.0 Å². The summed E-state index contributed by atoms with van der Waals surface area (Å²) in [4.78, 5) is 27.3. The summed E-state index contributed by atoms with van der Waals surface area (Å²) in [6, 6.07) is 4.17. The van der Waals surface area contributed by atoms with E-state index in [4.69, 9.17) is 21.4 Å². The number of carbonyl (C=O) groups excluding carboxylic acids is 1. The Balaban J connectivity index is 1.74. The number of amides is 1. The number of ether oxygens (including phenoxy) is 1. The molecular formula is C17H20ClFN2O4. The first-order valence-electron chi connectivity index (χ1n) is 8.18. The average molecular weight is 371 g/mol. The Kier molecular flexibility index (Phi) is 5.56. The number of fused-ring (bicyclic) bond motifs is 3. The van der Waals surface area contributed by atoms with Gasteiger partial charge in [-0.1, -0.05) is 17.7 Å². The summed E-state index contributed by atoms with van der Waals surface area (Å²) in [5.41, 5.74) is 0.196. The first-order chi connectivity index (χ1) is 11.9. The van der Waals surface area contributed by atoms with Crippen LogP contribution in [0.5, 0.6) is 0 Å². The van der Waals surface area contributed by atoms with Gasteiger partial charge in [-0.3, -0.25) is 14.5 Å². The minimum absolute atomic E-state index is 0.0342. The highest BCUT2D eigenvalue weighted by molar-refractivity contribution is 6.31. The number of aliphatic carboxylic acids is 1. The van der Waals surface area contributed by atoms with Gasteiger partial charge in [0.05, 0.1) is 32.2 Å². The van der Waals surface area contributed by atoms with Gasteiger partial charge >= 0.3 is 5.97 Å². The summed E-state index contributed by atoms with van der Waals surface area (Å²) in [5, 5.41) is 9.32. The highest BCUT2D eigenvalue weighted by atomic mass is 35.5. The van der Waals surface area contributed by atoms with Crippen molar-refractivity contribution in [3.8, 4) is 0 Å². The quantitative estimate of drug-likeness (QED) is 0.864. The second-order valence-corrected chi connectivity index (χ2v) is 6.96. The first-order valence-corrected chi connectivity index (χ1v) is 8.56. The summed E-state index contributed by atoms with van der Waals surface area (Å²) >= 11 is 6.02. The number of hydrogen-bond acceptors (Lipinski definition) is 4. The van der Waals surface area contributed by atoms with Crippen LogP contribution in [0.15, 0.2) is 18.2 Å². The highest BCUT2D eigenvalue weighted by Gasteiger charge is 2.36. The van der Waals surface area contributed by atoms with Crippen LogP contribution < -0.4 is 0 Å². The second kappa shape index (κ2) is 7.68. The van der Waals surface area contributed by atoms with Crippen molar-refractivity contribution in [3.63, 3.8) is 0 Å². The van der Waals surface area contributed by atoms with E-state index in [2.05, 4.69) is 0 Å². The maximum Gasteiger partial charge on any atom is 0.317 e. The number of hydrogen-bond donors (Lipinski definition) is 1. The van der Waals surface area contributed by atoms with Crippen LogP contribution in [-0.2, 0) is 20.7 Å². The molecule has 1 N–H and O–H groups in total. The fraction of sp³-hybridized carbons (Fsp3) is 0.529. The van der Waals surface area contributed by atoms with Gasteiger partial charge in [-0.2, -0.15) is 0 Å². The maximum atomic E-state index is 13.9. The molecule has 3 rings (SSSR count). The molecule has 2 bridgehead atoms. The van der Waals surface area contributed by atoms with E-state index in [0.29, 0.717) is 32.8 Å². The molecular weight excluding hydrogens is 351 g/mol. The van der Waals surface area contributed by atoms with Gasteiger partial charge in [0.25, 0.3) is 0 Å². The van der Waals surface area contributed by atoms with Gasteiger partial charge in [-0.15, -0.1) is 0 Å². The Morgan fingerprint density at radius 2 is 2.08 bits per heavy atom. The van der Waals surface area contributed by atoms with Crippen molar-refractivity contribution in [2.24, 2.45) is 5.92 Å². The number of halogens is 2. The van der Waals surface area contributed by atoms with Crippen molar-refractivity contribution >= 4 is 23.5 Å². The van der Waals surface area contributed by atoms with E-state index in [1.165, 1.54) is 12.1 Å². The molecule has 0 saturated carbocycles. The lowest BCUT2D eigenvalue weighted by atomic mass is 10.1. The molecule has 0 aromatic heterocycles. The highest BCUT2D eigenvalue weighted by Crippen LogP contribution is 2.23. The van der Waals surface area contributed by atoms with Crippen molar-refractivity contribution in [2.45, 2.75) is 12.5 Å². The summed E-state index contributed by atoms with van der Waals surface area (Å²) in [6.07, 6.45) is -0.106. The van der Waals surface area contributed by atoms with Crippen molar-refractivity contribution in [2.75, 3.05) is 39.4 Å². The zero-order chi connectivity index (χ0) is 18.0. The van der Waals surface area contributed by atoms with Gasteiger partial charge in [0, 0.05) is 36.1 Å². The molecule has 2 aliphatic rings. The van der Waals surface area contributed by atoms with Gasteiger partial charge in [0.2, 0.25) is 5.91 Å². The fourth-order valence-corrected chi connectivity index (χ4v) is 3.69. The largest absolute Gasteiger partial charge is 0.480 e. The smallest absolute Gasteiger partial charge is 0.317 e. The Bertz CT molecular complexity index is 652. The zero-order valence-corrected chi connectivity index (χ0v) is 14.4. The summed E-state index contributed by atoms with van der Waals surface area (Å²) in [6.45, 7) is 2.20. The van der Waals surface area contributed by atoms with Crippen LogP contribution >= 0.6 is 11.6 Å². The van der Waals surface area contributed by atoms with Gasteiger partial charge in [-0.25, -0.2) is 4.39 Å². The standard InChI is InChI=1S/C17H20ClFN2O4/c18-14-2-1-3-15(19)13(14)4-16(22)21-6-11-5-20(8-17(23)24)12(7-21)10-25-9-11/h1-3,11-12H,4-10H2,(H,23,24)/t11-,12+/m1/s1. The van der Waals surface area contributed by atoms with Gasteiger partial charge in [0.1, 0.15) is 5.82 Å². The lowest BCUT2D eigenvalue weighted by Gasteiger charge is -2.30. The second-order valence-electron chi connectivity index (χ2n) is 6.56. The molecule has 1 aromatic rings. The lowest BCUT2D eigenvalue weighted by molar-refractivity contribution is -0.139. The lowest BCUT2D eigenvalue weighted by Crippen LogP contribution is -2.47. The third kappa shape index (κ3) is 4.29. The molecule has 0 aliphatic carbocycles.